The summed E-state index contributed by atoms with van der Waals surface area (Å²) < 4.78 is 5.30. The average Bonchev–Trinajstić information content (AvgIpc) is 2.77. The third-order valence-electron chi connectivity index (χ3n) is 2.80. The number of rotatable bonds is 2. The van der Waals surface area contributed by atoms with Crippen LogP contribution in [-0.4, -0.2) is 31.3 Å². The summed E-state index contributed by atoms with van der Waals surface area (Å²) in [7, 11) is 1.71. The van der Waals surface area contributed by atoms with Crippen LogP contribution in [-0.2, 0) is 4.74 Å². The van der Waals surface area contributed by atoms with Crippen LogP contribution < -0.4 is 10.6 Å². The SMILES string of the molecule is [C-]#[N+]c1nc(N)ccc1N1CC[C@H](OC)C1. The molecular weight excluding hydrogens is 204 g/mol. The van der Waals surface area contributed by atoms with E-state index in [1.165, 1.54) is 0 Å². The molecule has 1 aliphatic rings. The fourth-order valence-corrected chi connectivity index (χ4v) is 1.92. The van der Waals surface area contributed by atoms with Gasteiger partial charge in [-0.2, -0.15) is 0 Å². The summed E-state index contributed by atoms with van der Waals surface area (Å²) in [6.07, 6.45) is 1.23. The molecule has 2 N–H and O–H groups in total. The molecule has 1 aromatic rings. The molecule has 0 bridgehead atoms. The van der Waals surface area contributed by atoms with Crippen molar-refractivity contribution < 1.29 is 4.74 Å². The van der Waals surface area contributed by atoms with Crippen molar-refractivity contribution in [1.29, 1.82) is 0 Å². The summed E-state index contributed by atoms with van der Waals surface area (Å²) in [6.45, 7) is 8.79. The van der Waals surface area contributed by atoms with Crippen LogP contribution >= 0.6 is 0 Å². The monoisotopic (exact) mass is 218 g/mol. The van der Waals surface area contributed by atoms with Crippen LogP contribution in [0, 0.1) is 6.57 Å². The zero-order valence-electron chi connectivity index (χ0n) is 9.18. The predicted octanol–water partition coefficient (Wildman–Crippen LogP) is 1.44. The molecule has 0 aliphatic carbocycles. The first kappa shape index (κ1) is 10.7. The fraction of sp³-hybridized carbons (Fsp3) is 0.455. The average molecular weight is 218 g/mol. The summed E-state index contributed by atoms with van der Waals surface area (Å²) in [5.74, 6) is 0.758. The molecule has 0 unspecified atom stereocenters. The number of nitrogens with zero attached hydrogens (tertiary/aromatic N) is 3. The summed E-state index contributed by atoms with van der Waals surface area (Å²) in [5, 5.41) is 0. The lowest BCUT2D eigenvalue weighted by atomic mass is 10.3. The molecular formula is C11H14N4O. The van der Waals surface area contributed by atoms with Crippen LogP contribution in [0.4, 0.5) is 17.3 Å². The van der Waals surface area contributed by atoms with Crippen molar-refractivity contribution in [2.75, 3.05) is 30.8 Å². The number of nitrogen functional groups attached to an aromatic ring is 1. The Morgan fingerprint density at radius 2 is 2.44 bits per heavy atom. The molecule has 1 fully saturated rings. The predicted molar refractivity (Wildman–Crippen MR) is 62.5 cm³/mol. The maximum absolute atomic E-state index is 7.09. The highest BCUT2D eigenvalue weighted by Gasteiger charge is 2.24. The van der Waals surface area contributed by atoms with Gasteiger partial charge in [0, 0.05) is 26.3 Å². The topological polar surface area (TPSA) is 55.7 Å². The van der Waals surface area contributed by atoms with Crippen LogP contribution in [0.15, 0.2) is 12.1 Å². The smallest absolute Gasteiger partial charge is 0.294 e. The van der Waals surface area contributed by atoms with E-state index in [2.05, 4.69) is 14.7 Å². The Hall–Kier alpha value is -1.80. The number of aromatic nitrogens is 1. The van der Waals surface area contributed by atoms with Crippen LogP contribution in [0.5, 0.6) is 0 Å². The maximum atomic E-state index is 7.09. The van der Waals surface area contributed by atoms with Crippen LogP contribution in [0.3, 0.4) is 0 Å². The van der Waals surface area contributed by atoms with E-state index in [9.17, 15) is 0 Å². The molecule has 0 aromatic carbocycles. The van der Waals surface area contributed by atoms with Crippen molar-refractivity contribution in [3.05, 3.63) is 23.5 Å². The summed E-state index contributed by atoms with van der Waals surface area (Å²) in [5.41, 5.74) is 6.41. The van der Waals surface area contributed by atoms with Crippen LogP contribution in [0.1, 0.15) is 6.42 Å². The molecule has 1 atom stereocenters. The van der Waals surface area contributed by atoms with E-state index in [1.54, 1.807) is 13.2 Å². The second-order valence-electron chi connectivity index (χ2n) is 3.78. The number of hydrogen-bond donors (Lipinski definition) is 1. The maximum Gasteiger partial charge on any atom is 0.294 e. The lowest BCUT2D eigenvalue weighted by molar-refractivity contribution is 0.121. The molecule has 0 radical (unpaired) electrons. The number of anilines is 2. The zero-order chi connectivity index (χ0) is 11.5. The van der Waals surface area contributed by atoms with E-state index in [4.69, 9.17) is 17.0 Å². The third kappa shape index (κ3) is 1.92. The molecule has 5 nitrogen and oxygen atoms in total. The van der Waals surface area contributed by atoms with Gasteiger partial charge in [0.2, 0.25) is 5.82 Å². The number of nitrogens with two attached hydrogens (primary N) is 1. The Bertz CT molecular complexity index is 426. The summed E-state index contributed by atoms with van der Waals surface area (Å²) >= 11 is 0. The molecule has 0 spiro atoms. The highest BCUT2D eigenvalue weighted by atomic mass is 16.5. The van der Waals surface area contributed by atoms with Gasteiger partial charge in [-0.05, 0) is 12.5 Å². The molecule has 0 saturated carbocycles. The molecule has 5 heteroatoms. The number of ether oxygens (including phenoxy) is 1. The van der Waals surface area contributed by atoms with Gasteiger partial charge in [0.15, 0.2) is 0 Å². The molecule has 1 saturated heterocycles. The molecule has 2 rings (SSSR count). The highest BCUT2D eigenvalue weighted by molar-refractivity contribution is 5.69. The van der Waals surface area contributed by atoms with E-state index < -0.39 is 0 Å². The Balaban J connectivity index is 2.25. The molecule has 1 aliphatic heterocycles. The number of hydrogen-bond acceptors (Lipinski definition) is 4. The Morgan fingerprint density at radius 3 is 3.06 bits per heavy atom. The van der Waals surface area contributed by atoms with Gasteiger partial charge in [0.25, 0.3) is 5.82 Å². The van der Waals surface area contributed by atoms with Gasteiger partial charge in [-0.25, -0.2) is 0 Å². The Morgan fingerprint density at radius 1 is 1.62 bits per heavy atom. The van der Waals surface area contributed by atoms with Gasteiger partial charge >= 0.3 is 0 Å². The minimum Gasteiger partial charge on any atom is -0.380 e. The standard InChI is InChI=1S/C11H14N4O/c1-13-11-9(3-4-10(12)14-11)15-6-5-8(7-15)16-2/h3-4,8H,5-7H2,2H3,(H2,12,14)/t8-/m0/s1. The van der Waals surface area contributed by atoms with Gasteiger partial charge in [-0.3, -0.25) is 0 Å². The minimum absolute atomic E-state index is 0.246. The van der Waals surface area contributed by atoms with Gasteiger partial charge in [0.05, 0.1) is 11.8 Å². The first-order valence-corrected chi connectivity index (χ1v) is 5.16. The first-order chi connectivity index (χ1) is 7.74. The fourth-order valence-electron chi connectivity index (χ4n) is 1.92. The highest BCUT2D eigenvalue weighted by Crippen LogP contribution is 2.30. The molecule has 0 amide bonds. The molecule has 1 aromatic heterocycles. The van der Waals surface area contributed by atoms with E-state index in [0.717, 1.165) is 25.2 Å². The van der Waals surface area contributed by atoms with Gasteiger partial charge < -0.3 is 20.2 Å². The Kier molecular flexibility index (Phi) is 2.93. The van der Waals surface area contributed by atoms with Crippen molar-refractivity contribution in [3.8, 4) is 0 Å². The number of methoxy groups -OCH3 is 1. The van der Waals surface area contributed by atoms with E-state index in [-0.39, 0.29) is 6.10 Å². The van der Waals surface area contributed by atoms with Gasteiger partial charge in [-0.15, -0.1) is 4.98 Å². The second kappa shape index (κ2) is 4.37. The quantitative estimate of drug-likeness (QED) is 0.763. The van der Waals surface area contributed by atoms with Gasteiger partial charge in [0.1, 0.15) is 0 Å². The van der Waals surface area contributed by atoms with Crippen LogP contribution in [0.2, 0.25) is 0 Å². The van der Waals surface area contributed by atoms with Crippen molar-refractivity contribution in [2.24, 2.45) is 0 Å². The lowest BCUT2D eigenvalue weighted by Gasteiger charge is -2.19. The molecule has 2 heterocycles. The third-order valence-corrected chi connectivity index (χ3v) is 2.80. The summed E-state index contributed by atoms with van der Waals surface area (Å²) in [4.78, 5) is 9.55. The second-order valence-corrected chi connectivity index (χ2v) is 3.78. The van der Waals surface area contributed by atoms with Crippen LogP contribution in [0.25, 0.3) is 4.85 Å². The van der Waals surface area contributed by atoms with Crippen molar-refractivity contribution >= 4 is 17.3 Å². The summed E-state index contributed by atoms with van der Waals surface area (Å²) in [6, 6.07) is 3.58. The number of pyridine rings is 1. The lowest BCUT2D eigenvalue weighted by Crippen LogP contribution is -2.22. The van der Waals surface area contributed by atoms with E-state index in [1.807, 2.05) is 6.07 Å². The minimum atomic E-state index is 0.246. The molecule has 16 heavy (non-hydrogen) atoms. The van der Waals surface area contributed by atoms with Crippen molar-refractivity contribution in [2.45, 2.75) is 12.5 Å². The van der Waals surface area contributed by atoms with E-state index >= 15 is 0 Å². The van der Waals surface area contributed by atoms with Crippen molar-refractivity contribution in [1.82, 2.24) is 4.98 Å². The zero-order valence-corrected chi connectivity index (χ0v) is 9.18. The first-order valence-electron chi connectivity index (χ1n) is 5.16. The van der Waals surface area contributed by atoms with Crippen molar-refractivity contribution in [3.63, 3.8) is 0 Å². The van der Waals surface area contributed by atoms with Gasteiger partial charge in [-0.1, -0.05) is 6.57 Å². The van der Waals surface area contributed by atoms with E-state index in [0.29, 0.717) is 11.6 Å². The largest absolute Gasteiger partial charge is 0.380 e. The Labute approximate surface area is 94.7 Å². The normalized spacial score (nSPS) is 19.8. The molecule has 84 valence electrons.